The van der Waals surface area contributed by atoms with Crippen molar-refractivity contribution < 1.29 is 9.53 Å². The first kappa shape index (κ1) is 17.8. The first-order valence-corrected chi connectivity index (χ1v) is 12.0. The van der Waals surface area contributed by atoms with Crippen molar-refractivity contribution in [2.75, 3.05) is 24.6 Å². The van der Waals surface area contributed by atoms with Crippen LogP contribution in [0.1, 0.15) is 24.0 Å². The summed E-state index contributed by atoms with van der Waals surface area (Å²) in [6, 6.07) is 19.7. The minimum atomic E-state index is -0.137. The zero-order valence-electron chi connectivity index (χ0n) is 18.0. The van der Waals surface area contributed by atoms with Gasteiger partial charge >= 0.3 is 0 Å². The Balaban J connectivity index is 1.40. The van der Waals surface area contributed by atoms with Crippen LogP contribution in [0, 0.1) is 11.8 Å². The van der Waals surface area contributed by atoms with Crippen molar-refractivity contribution in [1.29, 1.82) is 0 Å². The van der Waals surface area contributed by atoms with E-state index in [1.165, 1.54) is 12.0 Å². The molecule has 3 saturated heterocycles. The average molecular weight is 423 g/mol. The Labute approximate surface area is 188 Å². The topological polar surface area (TPSA) is 32.8 Å². The van der Waals surface area contributed by atoms with Gasteiger partial charge in [0.1, 0.15) is 0 Å². The number of carbonyl (C=O) groups is 1. The first-order chi connectivity index (χ1) is 15.8. The van der Waals surface area contributed by atoms with Gasteiger partial charge in [0.2, 0.25) is 0 Å². The number of hydrogen-bond acceptors (Lipinski definition) is 3. The molecule has 4 nitrogen and oxygen atoms in total. The van der Waals surface area contributed by atoms with Crippen LogP contribution >= 0.6 is 0 Å². The van der Waals surface area contributed by atoms with Crippen LogP contribution in [0.2, 0.25) is 0 Å². The van der Waals surface area contributed by atoms with Gasteiger partial charge in [0, 0.05) is 35.2 Å². The van der Waals surface area contributed by atoms with Crippen LogP contribution in [0.15, 0.2) is 71.8 Å². The van der Waals surface area contributed by atoms with Crippen LogP contribution in [0.5, 0.6) is 0 Å². The van der Waals surface area contributed by atoms with Gasteiger partial charge in [-0.1, -0.05) is 60.2 Å². The van der Waals surface area contributed by atoms with Crippen molar-refractivity contribution in [2.24, 2.45) is 11.8 Å². The summed E-state index contributed by atoms with van der Waals surface area (Å²) in [5.74, 6) is 0.968. The van der Waals surface area contributed by atoms with Crippen molar-refractivity contribution in [1.82, 2.24) is 4.90 Å². The minimum absolute atomic E-state index is 0.0448. The molecule has 4 fully saturated rings. The van der Waals surface area contributed by atoms with E-state index in [0.717, 1.165) is 36.3 Å². The predicted octanol–water partition coefficient (Wildman–Crippen LogP) is 3.79. The number of carbonyl (C=O) groups excluding carboxylic acids is 1. The zero-order chi connectivity index (χ0) is 21.0. The van der Waals surface area contributed by atoms with E-state index in [-0.39, 0.29) is 23.5 Å². The molecule has 0 N–H and O–H groups in total. The third kappa shape index (κ3) is 1.96. The minimum Gasteiger partial charge on any atom is -0.369 e. The van der Waals surface area contributed by atoms with Crippen molar-refractivity contribution in [2.45, 2.75) is 36.4 Å². The van der Waals surface area contributed by atoms with Crippen molar-refractivity contribution in [3.05, 3.63) is 82.9 Å². The molecule has 2 bridgehead atoms. The number of anilines is 1. The van der Waals surface area contributed by atoms with Crippen molar-refractivity contribution in [3.63, 3.8) is 0 Å². The molecule has 6 atom stereocenters. The Morgan fingerprint density at radius 2 is 1.91 bits per heavy atom. The molecule has 160 valence electrons. The maximum atomic E-state index is 14.2. The number of ether oxygens (including phenoxy) is 1. The Hall–Kier alpha value is -2.69. The molecule has 32 heavy (non-hydrogen) atoms. The molecule has 1 amide bonds. The molecule has 1 aliphatic carbocycles. The first-order valence-electron chi connectivity index (χ1n) is 12.0. The smallest absolute Gasteiger partial charge is 0.257 e. The summed E-state index contributed by atoms with van der Waals surface area (Å²) in [4.78, 5) is 19.1. The molecule has 0 aromatic heterocycles. The fourth-order valence-electron chi connectivity index (χ4n) is 8.31. The molecule has 5 heterocycles. The number of fused-ring (bicyclic) bond motifs is 2. The van der Waals surface area contributed by atoms with Gasteiger partial charge in [0.05, 0.1) is 18.8 Å². The second-order valence-corrected chi connectivity index (χ2v) is 10.4. The summed E-state index contributed by atoms with van der Waals surface area (Å²) < 4.78 is 6.57. The quantitative estimate of drug-likeness (QED) is 0.518. The highest BCUT2D eigenvalue weighted by atomic mass is 16.5. The van der Waals surface area contributed by atoms with E-state index in [9.17, 15) is 4.79 Å². The van der Waals surface area contributed by atoms with Crippen molar-refractivity contribution >= 4 is 17.7 Å². The van der Waals surface area contributed by atoms with Crippen LogP contribution < -0.4 is 4.90 Å². The van der Waals surface area contributed by atoms with Gasteiger partial charge in [-0.05, 0) is 48.6 Å². The SMILES string of the molecule is O=C1/C(=C\c2ccccc2)[C@@H]2OCC=C3CN4CC[C@]56c7ccccc7N1[C@@H]5[C@@H]2[C@@H]3C[C@@H]46. The lowest BCUT2D eigenvalue weighted by Gasteiger charge is -2.59. The summed E-state index contributed by atoms with van der Waals surface area (Å²) in [6.07, 6.45) is 6.63. The van der Waals surface area contributed by atoms with Crippen LogP contribution in [-0.4, -0.2) is 48.7 Å². The maximum Gasteiger partial charge on any atom is 0.257 e. The Morgan fingerprint density at radius 1 is 1.06 bits per heavy atom. The van der Waals surface area contributed by atoms with Crippen molar-refractivity contribution in [3.8, 4) is 0 Å². The molecular weight excluding hydrogens is 396 g/mol. The van der Waals surface area contributed by atoms with Gasteiger partial charge in [-0.2, -0.15) is 0 Å². The number of nitrogens with zero attached hydrogens (tertiary/aromatic N) is 2. The molecule has 1 saturated carbocycles. The van der Waals surface area contributed by atoms with Gasteiger partial charge in [-0.3, -0.25) is 9.69 Å². The molecule has 1 spiro atoms. The second kappa shape index (κ2) is 6.00. The molecule has 8 rings (SSSR count). The maximum absolute atomic E-state index is 14.2. The summed E-state index contributed by atoms with van der Waals surface area (Å²) in [5.41, 5.74) is 6.04. The third-order valence-electron chi connectivity index (χ3n) is 9.35. The highest BCUT2D eigenvalue weighted by molar-refractivity contribution is 6.12. The van der Waals surface area contributed by atoms with Gasteiger partial charge < -0.3 is 9.64 Å². The molecule has 5 aliphatic heterocycles. The lowest BCUT2D eigenvalue weighted by atomic mass is 9.53. The molecule has 2 aromatic carbocycles. The second-order valence-electron chi connectivity index (χ2n) is 10.4. The van der Waals surface area contributed by atoms with Gasteiger partial charge in [0.15, 0.2) is 0 Å². The van der Waals surface area contributed by atoms with E-state index in [1.807, 2.05) is 18.2 Å². The average Bonchev–Trinajstić information content (AvgIpc) is 3.29. The lowest BCUT2D eigenvalue weighted by Crippen LogP contribution is -2.69. The molecular formula is C28H26N2O2. The Bertz CT molecular complexity index is 1220. The van der Waals surface area contributed by atoms with Crippen LogP contribution in [0.4, 0.5) is 5.69 Å². The van der Waals surface area contributed by atoms with Crippen LogP contribution in [0.25, 0.3) is 6.08 Å². The van der Waals surface area contributed by atoms with E-state index >= 15 is 0 Å². The van der Waals surface area contributed by atoms with E-state index in [1.54, 1.807) is 5.57 Å². The number of piperidine rings is 2. The molecule has 0 radical (unpaired) electrons. The fraction of sp³-hybridized carbons (Fsp3) is 0.393. The molecule has 6 aliphatic rings. The summed E-state index contributed by atoms with van der Waals surface area (Å²) in [7, 11) is 0. The van der Waals surface area contributed by atoms with Crippen LogP contribution in [0.3, 0.4) is 0 Å². The third-order valence-corrected chi connectivity index (χ3v) is 9.35. The standard InChI is InChI=1S/C28H26N2O2/c31-27-20(14-17-6-2-1-3-7-17)25-24-19-15-23-28(11-12-29(23)16-18(19)10-13-32-25)21-8-4-5-9-22(21)30(27)26(24)28/h1-10,14,19,23-26H,11-13,15-16H2/b20-14-/t19-,23-,24-,25+,26-,28-/m1/s1. The predicted molar refractivity (Wildman–Crippen MR) is 123 cm³/mol. The van der Waals surface area contributed by atoms with E-state index in [4.69, 9.17) is 4.74 Å². The summed E-state index contributed by atoms with van der Waals surface area (Å²) in [5, 5.41) is 0. The molecule has 0 unspecified atom stereocenters. The van der Waals surface area contributed by atoms with E-state index < -0.39 is 0 Å². The zero-order valence-corrected chi connectivity index (χ0v) is 18.0. The summed E-state index contributed by atoms with van der Waals surface area (Å²) >= 11 is 0. The number of benzene rings is 2. The normalized spacial score (nSPS) is 39.7. The Kier molecular flexibility index (Phi) is 3.34. The highest BCUT2D eigenvalue weighted by Gasteiger charge is 2.71. The van der Waals surface area contributed by atoms with E-state index in [2.05, 4.69) is 58.4 Å². The van der Waals surface area contributed by atoms with Gasteiger partial charge in [-0.15, -0.1) is 0 Å². The number of amides is 1. The monoisotopic (exact) mass is 422 g/mol. The number of rotatable bonds is 1. The molecule has 2 aromatic rings. The largest absolute Gasteiger partial charge is 0.369 e. The van der Waals surface area contributed by atoms with Crippen LogP contribution in [-0.2, 0) is 14.9 Å². The number of para-hydroxylation sites is 1. The van der Waals surface area contributed by atoms with E-state index in [0.29, 0.717) is 24.5 Å². The van der Waals surface area contributed by atoms with Gasteiger partial charge in [-0.25, -0.2) is 0 Å². The highest BCUT2D eigenvalue weighted by Crippen LogP contribution is 2.66. The lowest BCUT2D eigenvalue weighted by molar-refractivity contribution is -0.123. The molecule has 4 heteroatoms. The number of hydrogen-bond donors (Lipinski definition) is 0. The van der Waals surface area contributed by atoms with Gasteiger partial charge in [0.25, 0.3) is 5.91 Å². The summed E-state index contributed by atoms with van der Waals surface area (Å²) in [6.45, 7) is 2.81. The Morgan fingerprint density at radius 3 is 2.81 bits per heavy atom. The fourth-order valence-corrected chi connectivity index (χ4v) is 8.31.